The molecule has 1 aromatic carbocycles. The minimum Gasteiger partial charge on any atom is -0.306 e. The lowest BCUT2D eigenvalue weighted by molar-refractivity contribution is 1.21. The van der Waals surface area contributed by atoms with Crippen LogP contribution in [-0.2, 0) is 0 Å². The zero-order valence-electron chi connectivity index (χ0n) is 6.12. The van der Waals surface area contributed by atoms with E-state index >= 15 is 0 Å². The first-order valence-electron chi connectivity index (χ1n) is 3.35. The lowest BCUT2D eigenvalue weighted by atomic mass is 10.3. The van der Waals surface area contributed by atoms with Crippen molar-refractivity contribution in [2.75, 3.05) is 0 Å². The summed E-state index contributed by atoms with van der Waals surface area (Å²) in [6, 6.07) is 1.70. The Labute approximate surface area is 91.2 Å². The third-order valence-corrected chi connectivity index (χ3v) is 3.37. The summed E-state index contributed by atoms with van der Waals surface area (Å²) in [5.74, 6) is 0. The average molecular weight is 282 g/mol. The standard InChI is InChI=1S/C7H3BrCl2N2O/c8-2-1-3-6(5(10)4(2)9)12-7(13)11-3/h1H,(H2,11,12,13). The molecule has 2 aromatic rings. The molecule has 0 amide bonds. The molecule has 1 aromatic heterocycles. The monoisotopic (exact) mass is 280 g/mol. The Kier molecular flexibility index (Phi) is 2.14. The maximum Gasteiger partial charge on any atom is 0.323 e. The van der Waals surface area contributed by atoms with Gasteiger partial charge in [-0.15, -0.1) is 0 Å². The third kappa shape index (κ3) is 1.39. The van der Waals surface area contributed by atoms with E-state index in [1.807, 2.05) is 0 Å². The molecule has 6 heteroatoms. The average Bonchev–Trinajstić information content (AvgIpc) is 2.42. The van der Waals surface area contributed by atoms with Gasteiger partial charge in [0.1, 0.15) is 0 Å². The Morgan fingerprint density at radius 1 is 1.23 bits per heavy atom. The van der Waals surface area contributed by atoms with E-state index in [0.29, 0.717) is 25.6 Å². The summed E-state index contributed by atoms with van der Waals surface area (Å²) < 4.78 is 0.655. The Hall–Kier alpha value is -0.450. The topological polar surface area (TPSA) is 48.6 Å². The molecule has 0 atom stereocenters. The van der Waals surface area contributed by atoms with Gasteiger partial charge in [-0.3, -0.25) is 0 Å². The van der Waals surface area contributed by atoms with Crippen LogP contribution in [0, 0.1) is 0 Å². The molecule has 0 radical (unpaired) electrons. The highest BCUT2D eigenvalue weighted by Crippen LogP contribution is 2.34. The van der Waals surface area contributed by atoms with Gasteiger partial charge in [0.2, 0.25) is 0 Å². The Bertz CT molecular complexity index is 531. The third-order valence-electron chi connectivity index (χ3n) is 1.65. The predicted molar refractivity (Wildman–Crippen MR) is 56.6 cm³/mol. The molecular weight excluding hydrogens is 279 g/mol. The molecule has 2 N–H and O–H groups in total. The molecule has 2 rings (SSSR count). The van der Waals surface area contributed by atoms with Gasteiger partial charge in [0.25, 0.3) is 0 Å². The van der Waals surface area contributed by atoms with Crippen molar-refractivity contribution in [2.24, 2.45) is 0 Å². The van der Waals surface area contributed by atoms with Gasteiger partial charge in [0.05, 0.1) is 21.1 Å². The molecular formula is C7H3BrCl2N2O. The molecule has 0 unspecified atom stereocenters. The van der Waals surface area contributed by atoms with Gasteiger partial charge >= 0.3 is 5.69 Å². The van der Waals surface area contributed by atoms with Crippen LogP contribution in [0.5, 0.6) is 0 Å². The fourth-order valence-electron chi connectivity index (χ4n) is 1.08. The van der Waals surface area contributed by atoms with Crippen LogP contribution in [-0.4, -0.2) is 9.97 Å². The SMILES string of the molecule is O=c1[nH]c2cc(Br)c(Cl)c(Cl)c2[nH]1. The number of hydrogen-bond donors (Lipinski definition) is 2. The van der Waals surface area contributed by atoms with E-state index in [2.05, 4.69) is 25.9 Å². The maximum absolute atomic E-state index is 10.9. The molecule has 0 aliphatic heterocycles. The van der Waals surface area contributed by atoms with Gasteiger partial charge in [0.15, 0.2) is 0 Å². The van der Waals surface area contributed by atoms with Gasteiger partial charge in [-0.05, 0) is 22.0 Å². The zero-order valence-corrected chi connectivity index (χ0v) is 9.22. The summed E-state index contributed by atoms with van der Waals surface area (Å²) in [6.07, 6.45) is 0. The van der Waals surface area contributed by atoms with Crippen LogP contribution in [0.1, 0.15) is 0 Å². The summed E-state index contributed by atoms with van der Waals surface area (Å²) in [6.45, 7) is 0. The number of aromatic amines is 2. The number of fused-ring (bicyclic) bond motifs is 1. The van der Waals surface area contributed by atoms with Crippen molar-refractivity contribution in [3.8, 4) is 0 Å². The molecule has 0 saturated carbocycles. The molecule has 0 aliphatic carbocycles. The molecule has 3 nitrogen and oxygen atoms in total. The number of nitrogens with one attached hydrogen (secondary N) is 2. The summed E-state index contributed by atoms with van der Waals surface area (Å²) in [4.78, 5) is 16.1. The summed E-state index contributed by atoms with van der Waals surface area (Å²) >= 11 is 15.0. The Morgan fingerprint density at radius 2 is 1.92 bits per heavy atom. The minimum absolute atomic E-state index is 0.300. The van der Waals surface area contributed by atoms with Crippen molar-refractivity contribution in [3.05, 3.63) is 31.1 Å². The first-order chi connectivity index (χ1) is 6.09. The van der Waals surface area contributed by atoms with Gasteiger partial charge in [0, 0.05) is 4.47 Å². The first kappa shape index (κ1) is 9.12. The quantitative estimate of drug-likeness (QED) is 0.717. The van der Waals surface area contributed by atoms with E-state index in [9.17, 15) is 4.79 Å². The summed E-state index contributed by atoms with van der Waals surface area (Å²) in [5, 5.41) is 0.730. The van der Waals surface area contributed by atoms with Gasteiger partial charge < -0.3 is 9.97 Å². The number of rotatable bonds is 0. The maximum atomic E-state index is 10.9. The molecule has 0 bridgehead atoms. The largest absolute Gasteiger partial charge is 0.323 e. The Balaban J connectivity index is 3.00. The number of hydrogen-bond acceptors (Lipinski definition) is 1. The van der Waals surface area contributed by atoms with E-state index in [4.69, 9.17) is 23.2 Å². The smallest absolute Gasteiger partial charge is 0.306 e. The van der Waals surface area contributed by atoms with E-state index in [1.165, 1.54) is 0 Å². The highest BCUT2D eigenvalue weighted by Gasteiger charge is 2.10. The molecule has 68 valence electrons. The molecule has 0 fully saturated rings. The van der Waals surface area contributed by atoms with Crippen LogP contribution >= 0.6 is 39.1 Å². The van der Waals surface area contributed by atoms with Gasteiger partial charge in [-0.1, -0.05) is 23.2 Å². The number of H-pyrrole nitrogens is 2. The van der Waals surface area contributed by atoms with Crippen molar-refractivity contribution in [2.45, 2.75) is 0 Å². The fourth-order valence-corrected chi connectivity index (χ4v) is 2.02. The first-order valence-corrected chi connectivity index (χ1v) is 4.90. The van der Waals surface area contributed by atoms with Gasteiger partial charge in [-0.2, -0.15) is 0 Å². The van der Waals surface area contributed by atoms with Crippen LogP contribution in [0.2, 0.25) is 10.0 Å². The second-order valence-corrected chi connectivity index (χ2v) is 4.10. The number of benzene rings is 1. The van der Waals surface area contributed by atoms with Crippen LogP contribution in [0.4, 0.5) is 0 Å². The van der Waals surface area contributed by atoms with Crippen LogP contribution in [0.3, 0.4) is 0 Å². The van der Waals surface area contributed by atoms with Crippen molar-refractivity contribution >= 4 is 50.2 Å². The molecule has 0 spiro atoms. The second-order valence-electron chi connectivity index (χ2n) is 2.49. The number of imidazole rings is 1. The zero-order chi connectivity index (χ0) is 9.59. The fraction of sp³-hybridized carbons (Fsp3) is 0. The van der Waals surface area contributed by atoms with Crippen LogP contribution in [0.25, 0.3) is 11.0 Å². The van der Waals surface area contributed by atoms with Crippen molar-refractivity contribution in [1.82, 2.24) is 9.97 Å². The molecule has 0 aliphatic rings. The van der Waals surface area contributed by atoms with Crippen molar-refractivity contribution in [1.29, 1.82) is 0 Å². The highest BCUT2D eigenvalue weighted by atomic mass is 79.9. The minimum atomic E-state index is -0.300. The van der Waals surface area contributed by atoms with E-state index in [-0.39, 0.29) is 5.69 Å². The van der Waals surface area contributed by atoms with Crippen LogP contribution < -0.4 is 5.69 Å². The van der Waals surface area contributed by atoms with E-state index < -0.39 is 0 Å². The molecule has 0 saturated heterocycles. The summed E-state index contributed by atoms with van der Waals surface area (Å²) in [5.41, 5.74) is 0.859. The van der Waals surface area contributed by atoms with E-state index in [1.54, 1.807) is 6.07 Å². The van der Waals surface area contributed by atoms with Gasteiger partial charge in [-0.25, -0.2) is 4.79 Å². The molecule has 1 heterocycles. The normalized spacial score (nSPS) is 11.0. The highest BCUT2D eigenvalue weighted by molar-refractivity contribution is 9.10. The van der Waals surface area contributed by atoms with Crippen LogP contribution in [0.15, 0.2) is 15.3 Å². The lowest BCUT2D eigenvalue weighted by Gasteiger charge is -1.99. The summed E-state index contributed by atoms with van der Waals surface area (Å²) in [7, 11) is 0. The van der Waals surface area contributed by atoms with Crippen molar-refractivity contribution in [3.63, 3.8) is 0 Å². The van der Waals surface area contributed by atoms with E-state index in [0.717, 1.165) is 0 Å². The predicted octanol–water partition coefficient (Wildman–Crippen LogP) is 2.93. The van der Waals surface area contributed by atoms with Crippen molar-refractivity contribution < 1.29 is 0 Å². The lowest BCUT2D eigenvalue weighted by Crippen LogP contribution is -1.99. The number of halogens is 3. The number of aromatic nitrogens is 2. The second kappa shape index (κ2) is 3.04. The molecule has 13 heavy (non-hydrogen) atoms. The Morgan fingerprint density at radius 3 is 2.62 bits per heavy atom.